The lowest BCUT2D eigenvalue weighted by atomic mass is 10.1. The maximum absolute atomic E-state index is 13.2. The van der Waals surface area contributed by atoms with Crippen LogP contribution in [0.2, 0.25) is 15.1 Å². The van der Waals surface area contributed by atoms with Crippen molar-refractivity contribution in [2.24, 2.45) is 0 Å². The van der Waals surface area contributed by atoms with E-state index >= 15 is 0 Å². The fourth-order valence-electron chi connectivity index (χ4n) is 1.37. The summed E-state index contributed by atoms with van der Waals surface area (Å²) >= 11 is 17.5. The second-order valence-corrected chi connectivity index (χ2v) is 4.59. The Kier molecular flexibility index (Phi) is 3.43. The first-order chi connectivity index (χ1) is 7.97. The Hall–Kier alpha value is -1.03. The highest BCUT2D eigenvalue weighted by Crippen LogP contribution is 2.32. The van der Waals surface area contributed by atoms with Crippen LogP contribution in [-0.2, 0) is 0 Å². The highest BCUT2D eigenvalue weighted by Gasteiger charge is 2.11. The standard InChI is InChI=1S/C11H6Cl3FN2/c12-6-1-5(2-7(15)3-6)10-8(13)4-9(14)11(16)17-10/h1-4H,(H2,16,17). The first-order valence-corrected chi connectivity index (χ1v) is 5.69. The van der Waals surface area contributed by atoms with E-state index in [0.717, 1.165) is 0 Å². The molecule has 0 spiro atoms. The molecule has 2 aromatic rings. The van der Waals surface area contributed by atoms with E-state index in [-0.39, 0.29) is 20.9 Å². The van der Waals surface area contributed by atoms with Crippen molar-refractivity contribution in [3.8, 4) is 11.3 Å². The molecule has 0 aliphatic rings. The molecule has 0 aliphatic heterocycles. The molecule has 17 heavy (non-hydrogen) atoms. The normalized spacial score (nSPS) is 10.6. The maximum atomic E-state index is 13.2. The monoisotopic (exact) mass is 290 g/mol. The van der Waals surface area contributed by atoms with E-state index in [4.69, 9.17) is 40.5 Å². The van der Waals surface area contributed by atoms with E-state index in [0.29, 0.717) is 11.3 Å². The average molecular weight is 292 g/mol. The highest BCUT2D eigenvalue weighted by molar-refractivity contribution is 6.37. The number of halogens is 4. The molecular formula is C11H6Cl3FN2. The van der Waals surface area contributed by atoms with Gasteiger partial charge >= 0.3 is 0 Å². The second-order valence-electron chi connectivity index (χ2n) is 3.34. The fraction of sp³-hybridized carbons (Fsp3) is 0. The molecule has 2 rings (SSSR count). The second kappa shape index (κ2) is 4.69. The molecule has 0 amide bonds. The zero-order chi connectivity index (χ0) is 12.6. The van der Waals surface area contributed by atoms with E-state index in [9.17, 15) is 4.39 Å². The van der Waals surface area contributed by atoms with Gasteiger partial charge in [0.2, 0.25) is 0 Å². The van der Waals surface area contributed by atoms with Gasteiger partial charge in [-0.1, -0.05) is 34.8 Å². The number of hydrogen-bond donors (Lipinski definition) is 1. The lowest BCUT2D eigenvalue weighted by Gasteiger charge is -2.07. The first-order valence-electron chi connectivity index (χ1n) is 4.55. The number of anilines is 1. The highest BCUT2D eigenvalue weighted by atomic mass is 35.5. The van der Waals surface area contributed by atoms with Gasteiger partial charge in [-0.2, -0.15) is 0 Å². The van der Waals surface area contributed by atoms with Crippen LogP contribution in [0.5, 0.6) is 0 Å². The Morgan fingerprint density at radius 3 is 2.35 bits per heavy atom. The van der Waals surface area contributed by atoms with Crippen molar-refractivity contribution >= 4 is 40.6 Å². The number of hydrogen-bond acceptors (Lipinski definition) is 2. The number of pyridine rings is 1. The van der Waals surface area contributed by atoms with Gasteiger partial charge in [0, 0.05) is 10.6 Å². The summed E-state index contributed by atoms with van der Waals surface area (Å²) in [5.74, 6) is -0.342. The quantitative estimate of drug-likeness (QED) is 0.844. The third kappa shape index (κ3) is 2.63. The van der Waals surface area contributed by atoms with Gasteiger partial charge in [0.25, 0.3) is 0 Å². The van der Waals surface area contributed by atoms with Gasteiger partial charge in [-0.25, -0.2) is 9.37 Å². The van der Waals surface area contributed by atoms with Crippen LogP contribution >= 0.6 is 34.8 Å². The van der Waals surface area contributed by atoms with Crippen LogP contribution in [-0.4, -0.2) is 4.98 Å². The van der Waals surface area contributed by atoms with E-state index < -0.39 is 5.82 Å². The molecule has 1 heterocycles. The van der Waals surface area contributed by atoms with Crippen LogP contribution in [0.1, 0.15) is 0 Å². The number of nitrogens with zero attached hydrogens (tertiary/aromatic N) is 1. The molecule has 88 valence electrons. The largest absolute Gasteiger partial charge is 0.382 e. The summed E-state index contributed by atoms with van der Waals surface area (Å²) in [5, 5.41) is 0.790. The Morgan fingerprint density at radius 2 is 1.71 bits per heavy atom. The number of nitrogens with two attached hydrogens (primary N) is 1. The number of benzene rings is 1. The Labute approximate surface area is 112 Å². The summed E-state index contributed by atoms with van der Waals surface area (Å²) in [7, 11) is 0. The van der Waals surface area contributed by atoms with Crippen molar-refractivity contribution in [2.75, 3.05) is 5.73 Å². The fourth-order valence-corrected chi connectivity index (χ4v) is 2.06. The zero-order valence-corrected chi connectivity index (χ0v) is 10.6. The molecule has 0 saturated heterocycles. The van der Waals surface area contributed by atoms with Gasteiger partial charge in [-0.15, -0.1) is 0 Å². The third-order valence-electron chi connectivity index (χ3n) is 2.09. The molecule has 1 aromatic carbocycles. The molecule has 0 unspecified atom stereocenters. The van der Waals surface area contributed by atoms with Crippen molar-refractivity contribution in [1.29, 1.82) is 0 Å². The summed E-state index contributed by atoms with van der Waals surface area (Å²) < 4.78 is 13.2. The van der Waals surface area contributed by atoms with Crippen molar-refractivity contribution in [2.45, 2.75) is 0 Å². The zero-order valence-electron chi connectivity index (χ0n) is 8.35. The summed E-state index contributed by atoms with van der Waals surface area (Å²) in [4.78, 5) is 4.01. The Bertz CT molecular complexity index is 567. The molecule has 0 bridgehead atoms. The summed E-state index contributed by atoms with van der Waals surface area (Å²) in [5.41, 5.74) is 6.36. The van der Waals surface area contributed by atoms with Gasteiger partial charge in [0.15, 0.2) is 0 Å². The number of rotatable bonds is 1. The van der Waals surface area contributed by atoms with Crippen LogP contribution in [0.15, 0.2) is 24.3 Å². The van der Waals surface area contributed by atoms with E-state index in [1.54, 1.807) is 6.07 Å². The number of aromatic nitrogens is 1. The lowest BCUT2D eigenvalue weighted by molar-refractivity contribution is 0.628. The minimum atomic E-state index is -0.473. The van der Waals surface area contributed by atoms with Crippen molar-refractivity contribution in [3.05, 3.63) is 45.2 Å². The minimum absolute atomic E-state index is 0.131. The van der Waals surface area contributed by atoms with Crippen molar-refractivity contribution in [1.82, 2.24) is 4.98 Å². The van der Waals surface area contributed by atoms with Gasteiger partial charge in [-0.3, -0.25) is 0 Å². The predicted molar refractivity (Wildman–Crippen MR) is 69.1 cm³/mol. The van der Waals surface area contributed by atoms with E-state index in [2.05, 4.69) is 4.98 Å². The van der Waals surface area contributed by atoms with Gasteiger partial charge in [-0.05, 0) is 24.3 Å². The Morgan fingerprint density at radius 1 is 1.00 bits per heavy atom. The minimum Gasteiger partial charge on any atom is -0.382 e. The molecule has 0 fully saturated rings. The topological polar surface area (TPSA) is 38.9 Å². The summed E-state index contributed by atoms with van der Waals surface area (Å²) in [6.07, 6.45) is 0. The van der Waals surface area contributed by atoms with Gasteiger partial charge < -0.3 is 5.73 Å². The predicted octanol–water partition coefficient (Wildman–Crippen LogP) is 4.43. The third-order valence-corrected chi connectivity index (χ3v) is 2.90. The molecule has 0 saturated carbocycles. The Balaban J connectivity index is 2.64. The summed E-state index contributed by atoms with van der Waals surface area (Å²) in [6, 6.07) is 5.47. The first kappa shape index (κ1) is 12.4. The molecule has 0 atom stereocenters. The van der Waals surface area contributed by atoms with Crippen LogP contribution in [0.25, 0.3) is 11.3 Å². The molecule has 2 nitrogen and oxygen atoms in total. The molecule has 0 radical (unpaired) electrons. The lowest BCUT2D eigenvalue weighted by Crippen LogP contribution is -1.95. The van der Waals surface area contributed by atoms with E-state index in [1.165, 1.54) is 18.2 Å². The molecule has 2 N–H and O–H groups in total. The van der Waals surface area contributed by atoms with Gasteiger partial charge in [0.1, 0.15) is 11.6 Å². The molecular weight excluding hydrogens is 285 g/mol. The van der Waals surface area contributed by atoms with E-state index in [1.807, 2.05) is 0 Å². The number of nitrogen functional groups attached to an aromatic ring is 1. The van der Waals surface area contributed by atoms with Gasteiger partial charge in [0.05, 0.1) is 15.7 Å². The maximum Gasteiger partial charge on any atom is 0.143 e. The van der Waals surface area contributed by atoms with Crippen LogP contribution < -0.4 is 5.73 Å². The average Bonchev–Trinajstić information content (AvgIpc) is 2.22. The SMILES string of the molecule is Nc1nc(-c2cc(F)cc(Cl)c2)c(Cl)cc1Cl. The van der Waals surface area contributed by atoms with Crippen LogP contribution in [0.3, 0.4) is 0 Å². The molecule has 0 aliphatic carbocycles. The smallest absolute Gasteiger partial charge is 0.143 e. The van der Waals surface area contributed by atoms with Crippen LogP contribution in [0, 0.1) is 5.82 Å². The van der Waals surface area contributed by atoms with Crippen molar-refractivity contribution in [3.63, 3.8) is 0 Å². The van der Waals surface area contributed by atoms with Crippen LogP contribution in [0.4, 0.5) is 10.2 Å². The molecule has 6 heteroatoms. The summed E-state index contributed by atoms with van der Waals surface area (Å²) in [6.45, 7) is 0. The van der Waals surface area contributed by atoms with Crippen molar-refractivity contribution < 1.29 is 4.39 Å². The molecule has 1 aromatic heterocycles.